The molecule has 0 heteroatoms. The summed E-state index contributed by atoms with van der Waals surface area (Å²) in [6.45, 7) is 28.2. The van der Waals surface area contributed by atoms with Gasteiger partial charge >= 0.3 is 0 Å². The summed E-state index contributed by atoms with van der Waals surface area (Å²) in [6.07, 6.45) is 5.75. The summed E-state index contributed by atoms with van der Waals surface area (Å²) < 4.78 is 0. The van der Waals surface area contributed by atoms with E-state index in [0.29, 0.717) is 0 Å². The fraction of sp³-hybridized carbons (Fsp3) is 1.00. The Bertz CT molecular complexity index is 11.2. The third-order valence-electron chi connectivity index (χ3n) is 0.354. The van der Waals surface area contributed by atoms with Crippen molar-refractivity contribution < 1.29 is 0 Å². The first-order valence-corrected chi connectivity index (χ1v) is 8.91. The molecule has 0 spiro atoms. The minimum Gasteiger partial charge on any atom is -0.0683 e. The summed E-state index contributed by atoms with van der Waals surface area (Å²) in [5.74, 6) is 0. The molecule has 0 atom stereocenters. The molecule has 0 saturated heterocycles. The molecule has 0 unspecified atom stereocenters. The maximum absolute atomic E-state index is 2.12. The molecule has 0 heterocycles. The van der Waals surface area contributed by atoms with Crippen molar-refractivity contribution in [1.29, 1.82) is 0 Å². The Morgan fingerprint density at radius 3 is 0.444 bits per heavy atom. The van der Waals surface area contributed by atoms with E-state index < -0.39 is 0 Å². The molecule has 0 radical (unpaired) electrons. The molecule has 1 fully saturated rings. The van der Waals surface area contributed by atoms with E-state index in [1.165, 1.54) is 25.7 Å². The molecule has 1 saturated carbocycles. The Labute approximate surface area is 123 Å². The number of hydrogen-bond acceptors (Lipinski definition) is 0. The monoisotopic (exact) mass is 266 g/mol. The van der Waals surface area contributed by atoms with Crippen LogP contribution in [0.2, 0.25) is 0 Å². The van der Waals surface area contributed by atoms with E-state index in [9.17, 15) is 0 Å². The summed E-state index contributed by atoms with van der Waals surface area (Å²) in [6, 6.07) is 0. The highest BCUT2D eigenvalue weighted by Crippen LogP contribution is 2.14. The third-order valence-corrected chi connectivity index (χ3v) is 0.354. The lowest BCUT2D eigenvalue weighted by Crippen LogP contribution is -1.27. The summed E-state index contributed by atoms with van der Waals surface area (Å²) in [5.41, 5.74) is 0. The molecular formula is C18H50. The van der Waals surface area contributed by atoms with Gasteiger partial charge in [-0.25, -0.2) is 0 Å². The topological polar surface area (TPSA) is 0 Å². The van der Waals surface area contributed by atoms with Gasteiger partial charge in [0.2, 0.25) is 0 Å². The molecule has 1 aliphatic rings. The van der Waals surface area contributed by atoms with Crippen molar-refractivity contribution in [1.82, 2.24) is 0 Å². The van der Waals surface area contributed by atoms with Crippen LogP contribution in [0.5, 0.6) is 0 Å². The van der Waals surface area contributed by atoms with Gasteiger partial charge in [0.25, 0.3) is 0 Å². The fourth-order valence-electron chi connectivity index (χ4n) is 0. The molecule has 0 aromatic heterocycles. The molecule has 0 N–H and O–H groups in total. The van der Waals surface area contributed by atoms with Crippen LogP contribution in [0.25, 0.3) is 0 Å². The zero-order chi connectivity index (χ0) is 16.8. The Hall–Kier alpha value is 0. The first kappa shape index (κ1) is 43.0. The van der Waals surface area contributed by atoms with Crippen molar-refractivity contribution in [3.63, 3.8) is 0 Å². The fourth-order valence-corrected chi connectivity index (χ4v) is 0. The van der Waals surface area contributed by atoms with Gasteiger partial charge in [-0.2, -0.15) is 0 Å². The van der Waals surface area contributed by atoms with Gasteiger partial charge in [0.15, 0.2) is 0 Å². The number of hydrogen-bond donors (Lipinski definition) is 0. The van der Waals surface area contributed by atoms with Crippen LogP contribution in [0, 0.1) is 0 Å². The Kier molecular flexibility index (Phi) is 650. The van der Waals surface area contributed by atoms with E-state index in [1.54, 1.807) is 0 Å². The zero-order valence-corrected chi connectivity index (χ0v) is 16.8. The maximum atomic E-state index is 2.12. The summed E-state index contributed by atoms with van der Waals surface area (Å²) in [5, 5.41) is 0. The SMILES string of the molecule is C1CC1.CC.CC.CC.CC.CC.CC.CCC. The molecule has 122 valence electrons. The van der Waals surface area contributed by atoms with Crippen molar-refractivity contribution >= 4 is 0 Å². The standard InChI is InChI=1S/C3H6.C3H8.6C2H6/c1-2-3-1;1-3-2;6*1-2/h1-3H2;3H2,1-2H3;6*1-2H3. The summed E-state index contributed by atoms with van der Waals surface area (Å²) in [7, 11) is 0. The highest BCUT2D eigenvalue weighted by atomic mass is 14.0. The summed E-state index contributed by atoms with van der Waals surface area (Å²) in [4.78, 5) is 0. The minimum absolute atomic E-state index is 1.25. The summed E-state index contributed by atoms with van der Waals surface area (Å²) >= 11 is 0. The maximum Gasteiger partial charge on any atom is -0.0533 e. The predicted octanol–water partition coefficient (Wildman–Crippen LogP) is 8.74. The van der Waals surface area contributed by atoms with Gasteiger partial charge in [0.1, 0.15) is 0 Å². The average Bonchev–Trinajstić information content (AvgIpc) is 3.40. The van der Waals surface area contributed by atoms with E-state index in [0.717, 1.165) is 0 Å². The highest BCUT2D eigenvalue weighted by Gasteiger charge is 1.95. The largest absolute Gasteiger partial charge is 0.0683 e. The Morgan fingerprint density at radius 2 is 0.444 bits per heavy atom. The van der Waals surface area contributed by atoms with Crippen molar-refractivity contribution in [3.05, 3.63) is 0 Å². The van der Waals surface area contributed by atoms with Crippen molar-refractivity contribution in [2.75, 3.05) is 0 Å². The van der Waals surface area contributed by atoms with Crippen LogP contribution < -0.4 is 0 Å². The average molecular weight is 267 g/mol. The zero-order valence-electron chi connectivity index (χ0n) is 16.8. The quantitative estimate of drug-likeness (QED) is 0.411. The van der Waals surface area contributed by atoms with Gasteiger partial charge in [0.05, 0.1) is 0 Å². The van der Waals surface area contributed by atoms with Crippen LogP contribution in [-0.2, 0) is 0 Å². The van der Waals surface area contributed by atoms with Crippen molar-refractivity contribution in [2.24, 2.45) is 0 Å². The lowest BCUT2D eigenvalue weighted by molar-refractivity contribution is 1.09. The molecule has 1 rings (SSSR count). The second-order valence-electron chi connectivity index (χ2n) is 1.77. The van der Waals surface area contributed by atoms with Crippen molar-refractivity contribution in [2.45, 2.75) is 123 Å². The smallest absolute Gasteiger partial charge is 0.0533 e. The van der Waals surface area contributed by atoms with Crippen LogP contribution >= 0.6 is 0 Å². The van der Waals surface area contributed by atoms with Gasteiger partial charge < -0.3 is 0 Å². The van der Waals surface area contributed by atoms with Crippen LogP contribution in [0.3, 0.4) is 0 Å². The first-order valence-electron chi connectivity index (χ1n) is 8.91. The Morgan fingerprint density at radius 1 is 0.389 bits per heavy atom. The Balaban J connectivity index is -0.0000000156. The van der Waals surface area contributed by atoms with Gasteiger partial charge in [-0.1, -0.05) is 123 Å². The second kappa shape index (κ2) is 272. The molecule has 0 amide bonds. The third kappa shape index (κ3) is 3600. The lowest BCUT2D eigenvalue weighted by atomic mass is 10.6. The molecule has 0 aromatic carbocycles. The molecule has 0 aromatic rings. The molecule has 1 aliphatic carbocycles. The van der Waals surface area contributed by atoms with Crippen molar-refractivity contribution in [3.8, 4) is 0 Å². The van der Waals surface area contributed by atoms with Gasteiger partial charge in [-0.3, -0.25) is 0 Å². The predicted molar refractivity (Wildman–Crippen MR) is 97.9 cm³/mol. The van der Waals surface area contributed by atoms with Gasteiger partial charge in [-0.15, -0.1) is 0 Å². The highest BCUT2D eigenvalue weighted by molar-refractivity contribution is 4.50. The lowest BCUT2D eigenvalue weighted by Gasteiger charge is -1.48. The van der Waals surface area contributed by atoms with E-state index in [4.69, 9.17) is 0 Å². The van der Waals surface area contributed by atoms with E-state index >= 15 is 0 Å². The molecule has 0 aliphatic heterocycles. The van der Waals surface area contributed by atoms with E-state index in [2.05, 4.69) is 13.8 Å². The van der Waals surface area contributed by atoms with Crippen LogP contribution in [0.15, 0.2) is 0 Å². The first-order chi connectivity index (χ1) is 8.91. The molecular weight excluding hydrogens is 216 g/mol. The van der Waals surface area contributed by atoms with E-state index in [-0.39, 0.29) is 0 Å². The van der Waals surface area contributed by atoms with Gasteiger partial charge in [0, 0.05) is 0 Å². The molecule has 0 nitrogen and oxygen atoms in total. The van der Waals surface area contributed by atoms with Crippen LogP contribution in [0.4, 0.5) is 0 Å². The van der Waals surface area contributed by atoms with Crippen LogP contribution in [0.1, 0.15) is 123 Å². The number of rotatable bonds is 0. The molecule has 18 heavy (non-hydrogen) atoms. The minimum atomic E-state index is 1.25. The van der Waals surface area contributed by atoms with E-state index in [1.807, 2.05) is 83.1 Å². The second-order valence-corrected chi connectivity index (χ2v) is 1.77. The molecule has 0 bridgehead atoms. The van der Waals surface area contributed by atoms with Crippen LogP contribution in [-0.4, -0.2) is 0 Å². The van der Waals surface area contributed by atoms with Gasteiger partial charge in [-0.05, 0) is 0 Å². The normalized spacial score (nSPS) is 7.00.